The molecule has 0 atom stereocenters. The van der Waals surface area contributed by atoms with E-state index in [0.717, 1.165) is 33.4 Å². The first-order valence-corrected chi connectivity index (χ1v) is 8.70. The average molecular weight is 322 g/mol. The van der Waals surface area contributed by atoms with Crippen LogP contribution in [0.2, 0.25) is 0 Å². The number of allylic oxidation sites excluding steroid dienone is 2. The first kappa shape index (κ1) is 15.6. The molecule has 0 saturated heterocycles. The van der Waals surface area contributed by atoms with Gasteiger partial charge in [0, 0.05) is 4.90 Å². The number of rotatable bonds is 4. The van der Waals surface area contributed by atoms with Crippen LogP contribution in [-0.2, 0) is 4.79 Å². The molecule has 2 aromatic carbocycles. The second-order valence-electron chi connectivity index (χ2n) is 5.55. The van der Waals surface area contributed by atoms with Crippen molar-refractivity contribution in [1.29, 1.82) is 0 Å². The molecule has 2 aromatic rings. The molecule has 0 fully saturated rings. The highest BCUT2D eigenvalue weighted by Crippen LogP contribution is 2.43. The summed E-state index contributed by atoms with van der Waals surface area (Å²) in [7, 11) is 0. The molecule has 0 spiro atoms. The monoisotopic (exact) mass is 322 g/mol. The minimum Gasteiger partial charge on any atom is -0.481 e. The van der Waals surface area contributed by atoms with Gasteiger partial charge in [-0.2, -0.15) is 0 Å². The molecule has 1 aliphatic rings. The molecule has 0 amide bonds. The summed E-state index contributed by atoms with van der Waals surface area (Å²) in [5, 5.41) is 9.26. The Morgan fingerprint density at radius 3 is 2.35 bits per heavy atom. The summed E-state index contributed by atoms with van der Waals surface area (Å²) in [6.45, 7) is 2.01. The Morgan fingerprint density at radius 2 is 1.74 bits per heavy atom. The molecular formula is C20H18O2S. The van der Waals surface area contributed by atoms with E-state index in [0.29, 0.717) is 0 Å². The van der Waals surface area contributed by atoms with E-state index in [2.05, 4.69) is 48.7 Å². The van der Waals surface area contributed by atoms with Crippen molar-refractivity contribution in [1.82, 2.24) is 0 Å². The zero-order valence-electron chi connectivity index (χ0n) is 13.2. The number of carboxylic acids is 1. The normalized spacial score (nSPS) is 15.1. The van der Waals surface area contributed by atoms with Gasteiger partial charge >= 0.3 is 5.97 Å². The van der Waals surface area contributed by atoms with Crippen molar-refractivity contribution in [3.05, 3.63) is 70.8 Å². The van der Waals surface area contributed by atoms with Gasteiger partial charge in [0.25, 0.3) is 0 Å². The lowest BCUT2D eigenvalue weighted by Gasteiger charge is -2.07. The van der Waals surface area contributed by atoms with Gasteiger partial charge in [0.05, 0.1) is 6.42 Å². The van der Waals surface area contributed by atoms with Gasteiger partial charge in [-0.3, -0.25) is 4.79 Å². The van der Waals surface area contributed by atoms with E-state index in [9.17, 15) is 9.90 Å². The van der Waals surface area contributed by atoms with Crippen LogP contribution >= 0.6 is 11.8 Å². The molecule has 3 rings (SSSR count). The first-order chi connectivity index (χ1) is 11.1. The predicted molar refractivity (Wildman–Crippen MR) is 97.4 cm³/mol. The molecule has 0 aliphatic heterocycles. The van der Waals surface area contributed by atoms with E-state index < -0.39 is 5.97 Å². The van der Waals surface area contributed by atoms with Crippen molar-refractivity contribution in [2.45, 2.75) is 18.2 Å². The average Bonchev–Trinajstić information content (AvgIpc) is 2.81. The maximum absolute atomic E-state index is 11.3. The smallest absolute Gasteiger partial charge is 0.307 e. The van der Waals surface area contributed by atoms with Crippen LogP contribution in [0.1, 0.15) is 30.0 Å². The summed E-state index contributed by atoms with van der Waals surface area (Å²) in [6.07, 6.45) is 4.20. The van der Waals surface area contributed by atoms with Crippen LogP contribution in [0.25, 0.3) is 17.2 Å². The number of carboxylic acid groups (broad SMARTS) is 1. The Balaban J connectivity index is 2.10. The lowest BCUT2D eigenvalue weighted by atomic mass is 9.98. The Hall–Kier alpha value is -2.26. The summed E-state index contributed by atoms with van der Waals surface area (Å²) >= 11 is 1.71. The lowest BCUT2D eigenvalue weighted by Crippen LogP contribution is -1.98. The molecule has 0 radical (unpaired) electrons. The predicted octanol–water partition coefficient (Wildman–Crippen LogP) is 5.21. The van der Waals surface area contributed by atoms with Gasteiger partial charge in [0.1, 0.15) is 0 Å². The number of thioether (sulfide) groups is 1. The summed E-state index contributed by atoms with van der Waals surface area (Å²) in [6, 6.07) is 16.5. The fraction of sp³-hybridized carbons (Fsp3) is 0.150. The van der Waals surface area contributed by atoms with Crippen LogP contribution in [0.15, 0.2) is 59.0 Å². The summed E-state index contributed by atoms with van der Waals surface area (Å²) in [5.41, 5.74) is 6.34. The van der Waals surface area contributed by atoms with Crippen LogP contribution < -0.4 is 0 Å². The molecule has 23 heavy (non-hydrogen) atoms. The van der Waals surface area contributed by atoms with Gasteiger partial charge < -0.3 is 5.11 Å². The van der Waals surface area contributed by atoms with Crippen molar-refractivity contribution in [2.24, 2.45) is 0 Å². The van der Waals surface area contributed by atoms with E-state index >= 15 is 0 Å². The standard InChI is InChI=1S/C20H18O2S/c1-13-16-5-3-4-6-17(16)19(18(13)12-20(21)22)11-14-7-9-15(23-2)10-8-14/h3-11H,12H2,1-2H3,(H,21,22)/b19-11+. The zero-order chi connectivity index (χ0) is 16.4. The molecule has 1 N–H and O–H groups in total. The number of hydrogen-bond donors (Lipinski definition) is 1. The number of aliphatic carboxylic acids is 1. The van der Waals surface area contributed by atoms with Crippen LogP contribution in [-0.4, -0.2) is 17.3 Å². The van der Waals surface area contributed by atoms with Gasteiger partial charge in [0.15, 0.2) is 0 Å². The number of hydrogen-bond acceptors (Lipinski definition) is 2. The second-order valence-corrected chi connectivity index (χ2v) is 6.43. The molecule has 116 valence electrons. The third-order valence-electron chi connectivity index (χ3n) is 4.15. The van der Waals surface area contributed by atoms with Crippen LogP contribution in [0.3, 0.4) is 0 Å². The third-order valence-corrected chi connectivity index (χ3v) is 4.90. The molecule has 1 aliphatic carbocycles. The summed E-state index contributed by atoms with van der Waals surface area (Å²) in [5.74, 6) is -0.796. The van der Waals surface area contributed by atoms with E-state index in [-0.39, 0.29) is 6.42 Å². The number of fused-ring (bicyclic) bond motifs is 1. The first-order valence-electron chi connectivity index (χ1n) is 7.47. The largest absolute Gasteiger partial charge is 0.481 e. The van der Waals surface area contributed by atoms with E-state index in [1.165, 1.54) is 4.90 Å². The Bertz CT molecular complexity index is 814. The topological polar surface area (TPSA) is 37.3 Å². The Labute approximate surface area is 140 Å². The second kappa shape index (κ2) is 6.47. The molecule has 0 saturated carbocycles. The van der Waals surface area contributed by atoms with Crippen molar-refractivity contribution < 1.29 is 9.90 Å². The summed E-state index contributed by atoms with van der Waals surface area (Å²) < 4.78 is 0. The fourth-order valence-corrected chi connectivity index (χ4v) is 3.39. The number of benzene rings is 2. The highest BCUT2D eigenvalue weighted by Gasteiger charge is 2.24. The highest BCUT2D eigenvalue weighted by molar-refractivity contribution is 7.98. The molecule has 2 nitrogen and oxygen atoms in total. The van der Waals surface area contributed by atoms with E-state index in [1.807, 2.05) is 19.1 Å². The van der Waals surface area contributed by atoms with Crippen molar-refractivity contribution in [3.8, 4) is 0 Å². The zero-order valence-corrected chi connectivity index (χ0v) is 14.0. The van der Waals surface area contributed by atoms with Crippen molar-refractivity contribution in [2.75, 3.05) is 6.26 Å². The lowest BCUT2D eigenvalue weighted by molar-refractivity contribution is -0.136. The van der Waals surface area contributed by atoms with Gasteiger partial charge in [-0.25, -0.2) is 0 Å². The van der Waals surface area contributed by atoms with Crippen molar-refractivity contribution in [3.63, 3.8) is 0 Å². The fourth-order valence-electron chi connectivity index (χ4n) is 2.98. The van der Waals surface area contributed by atoms with E-state index in [4.69, 9.17) is 0 Å². The number of carbonyl (C=O) groups is 1. The molecule has 0 aromatic heterocycles. The van der Waals surface area contributed by atoms with Gasteiger partial charge in [0.2, 0.25) is 0 Å². The van der Waals surface area contributed by atoms with Crippen LogP contribution in [0.5, 0.6) is 0 Å². The highest BCUT2D eigenvalue weighted by atomic mass is 32.2. The molecule has 0 bridgehead atoms. The molecule has 0 heterocycles. The SMILES string of the molecule is CSc1ccc(/C=C2/C(CC(=O)O)=C(C)c3ccccc32)cc1. The molecular weight excluding hydrogens is 304 g/mol. The quantitative estimate of drug-likeness (QED) is 0.785. The van der Waals surface area contributed by atoms with E-state index in [1.54, 1.807) is 11.8 Å². The molecule has 3 heteroatoms. The van der Waals surface area contributed by atoms with Crippen LogP contribution in [0, 0.1) is 0 Å². The van der Waals surface area contributed by atoms with Gasteiger partial charge in [-0.05, 0) is 64.8 Å². The Kier molecular flexibility index (Phi) is 4.39. The Morgan fingerprint density at radius 1 is 1.09 bits per heavy atom. The maximum atomic E-state index is 11.3. The van der Waals surface area contributed by atoms with Gasteiger partial charge in [-0.15, -0.1) is 11.8 Å². The van der Waals surface area contributed by atoms with Crippen LogP contribution in [0.4, 0.5) is 0 Å². The van der Waals surface area contributed by atoms with Gasteiger partial charge in [-0.1, -0.05) is 36.4 Å². The third kappa shape index (κ3) is 3.10. The summed E-state index contributed by atoms with van der Waals surface area (Å²) in [4.78, 5) is 12.5. The minimum absolute atomic E-state index is 0.0508. The van der Waals surface area contributed by atoms with Crippen molar-refractivity contribution >= 4 is 35.0 Å². The maximum Gasteiger partial charge on any atom is 0.307 e. The minimum atomic E-state index is -0.796. The molecule has 0 unspecified atom stereocenters.